The van der Waals surface area contributed by atoms with Gasteiger partial charge in [0.25, 0.3) is 0 Å². The van der Waals surface area contributed by atoms with E-state index in [1.165, 1.54) is 6.92 Å². The van der Waals surface area contributed by atoms with Crippen LogP contribution in [0.5, 0.6) is 5.75 Å². The molecule has 0 radical (unpaired) electrons. The molecule has 0 bridgehead atoms. The van der Waals surface area contributed by atoms with E-state index < -0.39 is 12.1 Å². The average molecular weight is 370 g/mol. The van der Waals surface area contributed by atoms with Crippen molar-refractivity contribution in [3.05, 3.63) is 64.8 Å². The molecular weight excluding hydrogens is 352 g/mol. The first kappa shape index (κ1) is 18.1. The quantitative estimate of drug-likeness (QED) is 0.410. The van der Waals surface area contributed by atoms with Gasteiger partial charge in [0.05, 0.1) is 0 Å². The number of fused-ring (bicyclic) bond motifs is 2. The van der Waals surface area contributed by atoms with E-state index in [1.807, 2.05) is 24.3 Å². The second kappa shape index (κ2) is 7.68. The van der Waals surface area contributed by atoms with Gasteiger partial charge in [0.2, 0.25) is 0 Å². The standard InChI is InChI=1S/C20H18O5S/c1-12(2)20(23)25-11-13(21)10-24-14-7-8-18-16(9-14)19(22)15-5-3-4-6-17(15)26-18/h3-9,13,21H,1,10-11H2,2H3. The summed E-state index contributed by atoms with van der Waals surface area (Å²) in [4.78, 5) is 24.0. The first-order chi connectivity index (χ1) is 12.5. The van der Waals surface area contributed by atoms with Crippen LogP contribution in [0.25, 0.3) is 20.2 Å². The van der Waals surface area contributed by atoms with Crippen molar-refractivity contribution in [2.45, 2.75) is 13.0 Å². The maximum absolute atomic E-state index is 12.7. The zero-order chi connectivity index (χ0) is 18.7. The van der Waals surface area contributed by atoms with Gasteiger partial charge in [-0.05, 0) is 37.3 Å². The van der Waals surface area contributed by atoms with Crippen LogP contribution in [-0.2, 0) is 9.53 Å². The van der Waals surface area contributed by atoms with E-state index in [9.17, 15) is 14.7 Å². The average Bonchev–Trinajstić information content (AvgIpc) is 2.64. The lowest BCUT2D eigenvalue weighted by Crippen LogP contribution is -2.25. The Hall–Kier alpha value is -2.70. The lowest BCUT2D eigenvalue weighted by atomic mass is 10.2. The maximum atomic E-state index is 12.7. The second-order valence-corrected chi connectivity index (χ2v) is 7.01. The van der Waals surface area contributed by atoms with Gasteiger partial charge < -0.3 is 14.6 Å². The fourth-order valence-electron chi connectivity index (χ4n) is 2.41. The maximum Gasteiger partial charge on any atom is 0.333 e. The van der Waals surface area contributed by atoms with Crippen molar-refractivity contribution in [3.8, 4) is 5.75 Å². The highest BCUT2D eigenvalue weighted by Crippen LogP contribution is 2.27. The van der Waals surface area contributed by atoms with Gasteiger partial charge in [-0.25, -0.2) is 4.79 Å². The number of hydrogen-bond acceptors (Lipinski definition) is 6. The molecule has 134 valence electrons. The van der Waals surface area contributed by atoms with Crippen LogP contribution in [0.4, 0.5) is 0 Å². The van der Waals surface area contributed by atoms with Crippen LogP contribution >= 0.6 is 11.3 Å². The Morgan fingerprint density at radius 1 is 1.15 bits per heavy atom. The molecular formula is C20H18O5S. The molecule has 0 aliphatic rings. The minimum Gasteiger partial charge on any atom is -0.491 e. The Kier molecular flexibility index (Phi) is 5.35. The van der Waals surface area contributed by atoms with Crippen molar-refractivity contribution < 1.29 is 19.4 Å². The third-order valence-corrected chi connectivity index (χ3v) is 4.90. The Balaban J connectivity index is 1.74. The van der Waals surface area contributed by atoms with Gasteiger partial charge in [-0.1, -0.05) is 18.7 Å². The number of aliphatic hydroxyl groups excluding tert-OH is 1. The first-order valence-corrected chi connectivity index (χ1v) is 8.86. The number of carbonyl (C=O) groups is 1. The van der Waals surface area contributed by atoms with Crippen molar-refractivity contribution in [1.29, 1.82) is 0 Å². The predicted octanol–water partition coefficient (Wildman–Crippen LogP) is 3.27. The van der Waals surface area contributed by atoms with Crippen LogP contribution in [0.1, 0.15) is 6.92 Å². The summed E-state index contributed by atoms with van der Waals surface area (Å²) in [7, 11) is 0. The van der Waals surface area contributed by atoms with E-state index >= 15 is 0 Å². The number of ether oxygens (including phenoxy) is 2. The van der Waals surface area contributed by atoms with Gasteiger partial charge in [0, 0.05) is 25.7 Å². The zero-order valence-corrected chi connectivity index (χ0v) is 15.0. The summed E-state index contributed by atoms with van der Waals surface area (Å²) in [5.74, 6) is -0.0820. The topological polar surface area (TPSA) is 72.8 Å². The zero-order valence-electron chi connectivity index (χ0n) is 14.2. The second-order valence-electron chi connectivity index (χ2n) is 5.93. The van der Waals surface area contributed by atoms with Crippen LogP contribution in [0.15, 0.2) is 59.4 Å². The molecule has 1 aromatic heterocycles. The number of rotatable bonds is 6. The molecule has 3 rings (SSSR count). The summed E-state index contributed by atoms with van der Waals surface area (Å²) >= 11 is 1.54. The van der Waals surface area contributed by atoms with Crippen LogP contribution in [-0.4, -0.2) is 30.4 Å². The molecule has 3 aromatic rings. The SMILES string of the molecule is C=C(C)C(=O)OCC(O)COc1ccc2sc3ccccc3c(=O)c2c1. The molecule has 26 heavy (non-hydrogen) atoms. The van der Waals surface area contributed by atoms with E-state index in [1.54, 1.807) is 29.5 Å². The van der Waals surface area contributed by atoms with Gasteiger partial charge >= 0.3 is 5.97 Å². The normalized spacial score (nSPS) is 12.1. The Labute approximate surface area is 154 Å². The molecule has 0 aliphatic heterocycles. The molecule has 1 atom stereocenters. The number of aliphatic hydroxyl groups is 1. The number of hydrogen-bond donors (Lipinski definition) is 1. The molecule has 1 unspecified atom stereocenters. The van der Waals surface area contributed by atoms with Crippen molar-refractivity contribution >= 4 is 37.5 Å². The van der Waals surface area contributed by atoms with E-state index in [-0.39, 0.29) is 24.2 Å². The number of esters is 1. The molecule has 0 fully saturated rings. The summed E-state index contributed by atoms with van der Waals surface area (Å²) in [5.41, 5.74) is 0.222. The Morgan fingerprint density at radius 2 is 1.88 bits per heavy atom. The van der Waals surface area contributed by atoms with Crippen molar-refractivity contribution in [3.63, 3.8) is 0 Å². The van der Waals surface area contributed by atoms with Crippen LogP contribution in [0, 0.1) is 0 Å². The Bertz CT molecular complexity index is 1040. The molecule has 1 N–H and O–H groups in total. The minimum atomic E-state index is -0.972. The van der Waals surface area contributed by atoms with Gasteiger partial charge in [-0.2, -0.15) is 0 Å². The smallest absolute Gasteiger partial charge is 0.333 e. The largest absolute Gasteiger partial charge is 0.491 e. The van der Waals surface area contributed by atoms with Gasteiger partial charge in [-0.3, -0.25) is 4.79 Å². The Morgan fingerprint density at radius 3 is 2.65 bits per heavy atom. The van der Waals surface area contributed by atoms with Crippen LogP contribution < -0.4 is 10.2 Å². The third kappa shape index (κ3) is 3.92. The van der Waals surface area contributed by atoms with Gasteiger partial charge in [0.1, 0.15) is 25.1 Å². The minimum absolute atomic E-state index is 0.0456. The molecule has 0 saturated heterocycles. The van der Waals surface area contributed by atoms with Crippen molar-refractivity contribution in [1.82, 2.24) is 0 Å². The summed E-state index contributed by atoms with van der Waals surface area (Å²) in [5, 5.41) is 11.1. The molecule has 1 heterocycles. The highest BCUT2D eigenvalue weighted by atomic mass is 32.1. The molecule has 2 aromatic carbocycles. The highest BCUT2D eigenvalue weighted by Gasteiger charge is 2.11. The summed E-state index contributed by atoms with van der Waals surface area (Å²) in [6, 6.07) is 12.7. The summed E-state index contributed by atoms with van der Waals surface area (Å²) in [6.45, 7) is 4.77. The lowest BCUT2D eigenvalue weighted by molar-refractivity contribution is -0.142. The fourth-order valence-corrected chi connectivity index (χ4v) is 3.46. The number of carbonyl (C=O) groups excluding carboxylic acids is 1. The van der Waals surface area contributed by atoms with E-state index in [0.717, 1.165) is 9.40 Å². The first-order valence-electron chi connectivity index (χ1n) is 8.05. The van der Waals surface area contributed by atoms with Crippen LogP contribution in [0.2, 0.25) is 0 Å². The number of benzene rings is 2. The molecule has 0 aliphatic carbocycles. The van der Waals surface area contributed by atoms with Crippen LogP contribution in [0.3, 0.4) is 0 Å². The van der Waals surface area contributed by atoms with E-state index in [2.05, 4.69) is 6.58 Å². The van der Waals surface area contributed by atoms with Gasteiger partial charge in [-0.15, -0.1) is 11.3 Å². The third-order valence-electron chi connectivity index (χ3n) is 3.74. The predicted molar refractivity (Wildman–Crippen MR) is 103 cm³/mol. The van der Waals surface area contributed by atoms with E-state index in [4.69, 9.17) is 9.47 Å². The molecule has 6 heteroatoms. The van der Waals surface area contributed by atoms with E-state index in [0.29, 0.717) is 16.5 Å². The van der Waals surface area contributed by atoms with Crippen molar-refractivity contribution in [2.75, 3.05) is 13.2 Å². The molecule has 0 amide bonds. The van der Waals surface area contributed by atoms with Gasteiger partial charge in [0.15, 0.2) is 5.43 Å². The fraction of sp³-hybridized carbons (Fsp3) is 0.200. The summed E-state index contributed by atoms with van der Waals surface area (Å²) in [6.07, 6.45) is -0.972. The molecule has 0 saturated carbocycles. The molecule has 5 nitrogen and oxygen atoms in total. The molecule has 0 spiro atoms. The highest BCUT2D eigenvalue weighted by molar-refractivity contribution is 7.24. The monoisotopic (exact) mass is 370 g/mol. The lowest BCUT2D eigenvalue weighted by Gasteiger charge is -2.13. The van der Waals surface area contributed by atoms with Crippen molar-refractivity contribution in [2.24, 2.45) is 0 Å². The summed E-state index contributed by atoms with van der Waals surface area (Å²) < 4.78 is 12.2.